The molecule has 0 aromatic rings. The number of carbonyl (C=O) groups excluding carboxylic acids is 1. The third-order valence-electron chi connectivity index (χ3n) is 1.78. The molecule has 16 heavy (non-hydrogen) atoms. The summed E-state index contributed by atoms with van der Waals surface area (Å²) in [4.78, 5) is 22.2. The van der Waals surface area contributed by atoms with Crippen LogP contribution in [0.5, 0.6) is 0 Å². The first-order valence-corrected chi connectivity index (χ1v) is 4.92. The Morgan fingerprint density at radius 2 is 1.81 bits per heavy atom. The summed E-state index contributed by atoms with van der Waals surface area (Å²) in [6, 6.07) is -1.13. The molecule has 0 spiro atoms. The van der Waals surface area contributed by atoms with E-state index in [0.717, 1.165) is 0 Å². The van der Waals surface area contributed by atoms with E-state index in [1.54, 1.807) is 27.7 Å². The summed E-state index contributed by atoms with van der Waals surface area (Å²) < 4.78 is 9.80. The van der Waals surface area contributed by atoms with Crippen molar-refractivity contribution in [1.82, 2.24) is 5.32 Å². The van der Waals surface area contributed by atoms with Gasteiger partial charge in [0.25, 0.3) is 0 Å². The standard InChI is InChI=1S/C10H19NO5/c1-6(15-5)7(8(12)13)11-9(14)16-10(2,3)4/h6-7H,1-5H3,(H,11,14)(H,12,13)/t6-,7-/m1/s1. The van der Waals surface area contributed by atoms with Crippen molar-refractivity contribution in [2.45, 2.75) is 45.4 Å². The van der Waals surface area contributed by atoms with Crippen LogP contribution in [0, 0.1) is 0 Å². The number of aliphatic carboxylic acids is 1. The number of hydrogen-bond acceptors (Lipinski definition) is 4. The molecule has 2 atom stereocenters. The second-order valence-electron chi connectivity index (χ2n) is 4.40. The van der Waals surface area contributed by atoms with Gasteiger partial charge in [-0.3, -0.25) is 0 Å². The Labute approximate surface area is 94.9 Å². The number of methoxy groups -OCH3 is 1. The lowest BCUT2D eigenvalue weighted by molar-refractivity contribution is -0.142. The number of alkyl carbamates (subject to hydrolysis) is 1. The van der Waals surface area contributed by atoms with Crippen molar-refractivity contribution in [2.24, 2.45) is 0 Å². The molecular weight excluding hydrogens is 214 g/mol. The van der Waals surface area contributed by atoms with E-state index < -0.39 is 29.8 Å². The van der Waals surface area contributed by atoms with Gasteiger partial charge in [-0.25, -0.2) is 9.59 Å². The third kappa shape index (κ3) is 5.55. The summed E-state index contributed by atoms with van der Waals surface area (Å²) in [5.41, 5.74) is -0.663. The van der Waals surface area contributed by atoms with Crippen molar-refractivity contribution in [3.63, 3.8) is 0 Å². The Kier molecular flexibility index (Phi) is 5.23. The summed E-state index contributed by atoms with van der Waals surface area (Å²) in [5.74, 6) is -1.17. The van der Waals surface area contributed by atoms with Crippen LogP contribution in [-0.4, -0.2) is 42.0 Å². The molecule has 6 heteroatoms. The van der Waals surface area contributed by atoms with Crippen LogP contribution in [-0.2, 0) is 14.3 Å². The van der Waals surface area contributed by atoms with Gasteiger partial charge in [0.2, 0.25) is 0 Å². The fourth-order valence-electron chi connectivity index (χ4n) is 0.950. The minimum atomic E-state index is -1.17. The van der Waals surface area contributed by atoms with Gasteiger partial charge in [0.05, 0.1) is 6.10 Å². The maximum Gasteiger partial charge on any atom is 0.408 e. The van der Waals surface area contributed by atoms with E-state index in [9.17, 15) is 9.59 Å². The second kappa shape index (κ2) is 5.69. The van der Waals surface area contributed by atoms with Gasteiger partial charge in [0.15, 0.2) is 6.04 Å². The second-order valence-corrected chi connectivity index (χ2v) is 4.40. The van der Waals surface area contributed by atoms with E-state index in [-0.39, 0.29) is 0 Å². The lowest BCUT2D eigenvalue weighted by atomic mass is 10.2. The Hall–Kier alpha value is -1.30. The number of rotatable bonds is 4. The third-order valence-corrected chi connectivity index (χ3v) is 1.78. The van der Waals surface area contributed by atoms with Gasteiger partial charge < -0.3 is 19.9 Å². The fraction of sp³-hybridized carbons (Fsp3) is 0.800. The van der Waals surface area contributed by atoms with E-state index in [1.165, 1.54) is 7.11 Å². The summed E-state index contributed by atoms with van der Waals surface area (Å²) in [7, 11) is 1.37. The summed E-state index contributed by atoms with van der Waals surface area (Å²) in [5, 5.41) is 11.1. The van der Waals surface area contributed by atoms with Crippen LogP contribution in [0.25, 0.3) is 0 Å². The summed E-state index contributed by atoms with van der Waals surface area (Å²) in [6.07, 6.45) is -1.41. The SMILES string of the molecule is CO[C@H](C)[C@@H](NC(=O)OC(C)(C)C)C(=O)O. The quantitative estimate of drug-likeness (QED) is 0.756. The molecule has 0 aromatic heterocycles. The lowest BCUT2D eigenvalue weighted by Crippen LogP contribution is -2.49. The van der Waals surface area contributed by atoms with Gasteiger partial charge in [-0.1, -0.05) is 0 Å². The topological polar surface area (TPSA) is 84.9 Å². The Morgan fingerprint density at radius 1 is 1.31 bits per heavy atom. The van der Waals surface area contributed by atoms with Crippen molar-refractivity contribution >= 4 is 12.1 Å². The van der Waals surface area contributed by atoms with E-state index >= 15 is 0 Å². The number of carbonyl (C=O) groups is 2. The van der Waals surface area contributed by atoms with Crippen LogP contribution in [0.15, 0.2) is 0 Å². The molecule has 0 fully saturated rings. The van der Waals surface area contributed by atoms with Gasteiger partial charge in [-0.05, 0) is 27.7 Å². The van der Waals surface area contributed by atoms with Crippen LogP contribution >= 0.6 is 0 Å². The number of hydrogen-bond donors (Lipinski definition) is 2. The average Bonchev–Trinajstić information content (AvgIpc) is 2.09. The zero-order valence-electron chi connectivity index (χ0n) is 10.2. The molecule has 0 heterocycles. The Bertz CT molecular complexity index is 258. The van der Waals surface area contributed by atoms with Crippen LogP contribution in [0.1, 0.15) is 27.7 Å². The van der Waals surface area contributed by atoms with Crippen molar-refractivity contribution in [3.8, 4) is 0 Å². The molecule has 1 amide bonds. The first kappa shape index (κ1) is 14.7. The highest BCUT2D eigenvalue weighted by molar-refractivity contribution is 5.80. The molecule has 0 bridgehead atoms. The van der Waals surface area contributed by atoms with Crippen molar-refractivity contribution in [3.05, 3.63) is 0 Å². The predicted octanol–water partition coefficient (Wildman–Crippen LogP) is 0.999. The molecule has 0 aromatic carbocycles. The molecule has 0 unspecified atom stereocenters. The fourth-order valence-corrected chi connectivity index (χ4v) is 0.950. The Morgan fingerprint density at radius 3 is 2.12 bits per heavy atom. The molecule has 2 N–H and O–H groups in total. The zero-order chi connectivity index (χ0) is 12.9. The van der Waals surface area contributed by atoms with Gasteiger partial charge in [0, 0.05) is 7.11 Å². The highest BCUT2D eigenvalue weighted by atomic mass is 16.6. The average molecular weight is 233 g/mol. The zero-order valence-corrected chi connectivity index (χ0v) is 10.2. The summed E-state index contributed by atoms with van der Waals surface area (Å²) >= 11 is 0. The minimum absolute atomic E-state index is 0.634. The smallest absolute Gasteiger partial charge is 0.408 e. The van der Waals surface area contributed by atoms with Crippen LogP contribution in [0.2, 0.25) is 0 Å². The Balaban J connectivity index is 4.42. The number of amides is 1. The first-order valence-electron chi connectivity index (χ1n) is 4.92. The molecule has 0 aliphatic rings. The first-order chi connectivity index (χ1) is 7.17. The molecule has 94 valence electrons. The van der Waals surface area contributed by atoms with E-state index in [1.807, 2.05) is 0 Å². The molecule has 0 radical (unpaired) electrons. The largest absolute Gasteiger partial charge is 0.480 e. The molecule has 0 rings (SSSR count). The van der Waals surface area contributed by atoms with Gasteiger partial charge >= 0.3 is 12.1 Å². The molecular formula is C10H19NO5. The highest BCUT2D eigenvalue weighted by Crippen LogP contribution is 2.07. The van der Waals surface area contributed by atoms with Crippen LogP contribution < -0.4 is 5.32 Å². The molecule has 6 nitrogen and oxygen atoms in total. The monoisotopic (exact) mass is 233 g/mol. The van der Waals surface area contributed by atoms with Gasteiger partial charge in [0.1, 0.15) is 5.60 Å². The van der Waals surface area contributed by atoms with Crippen molar-refractivity contribution in [1.29, 1.82) is 0 Å². The normalized spacial score (nSPS) is 15.1. The molecule has 0 saturated heterocycles. The van der Waals surface area contributed by atoms with Crippen molar-refractivity contribution in [2.75, 3.05) is 7.11 Å². The van der Waals surface area contributed by atoms with Crippen molar-refractivity contribution < 1.29 is 24.2 Å². The maximum absolute atomic E-state index is 11.3. The number of nitrogens with one attached hydrogen (secondary N) is 1. The highest BCUT2D eigenvalue weighted by Gasteiger charge is 2.28. The predicted molar refractivity (Wildman–Crippen MR) is 57.3 cm³/mol. The lowest BCUT2D eigenvalue weighted by Gasteiger charge is -2.24. The molecule has 0 aliphatic carbocycles. The van der Waals surface area contributed by atoms with E-state index in [2.05, 4.69) is 5.32 Å². The minimum Gasteiger partial charge on any atom is -0.480 e. The van der Waals surface area contributed by atoms with Gasteiger partial charge in [-0.15, -0.1) is 0 Å². The number of carboxylic acids is 1. The van der Waals surface area contributed by atoms with Crippen LogP contribution in [0.3, 0.4) is 0 Å². The molecule has 0 aliphatic heterocycles. The number of carboxylic acid groups (broad SMARTS) is 1. The molecule has 0 saturated carbocycles. The van der Waals surface area contributed by atoms with E-state index in [0.29, 0.717) is 0 Å². The number of ether oxygens (including phenoxy) is 2. The van der Waals surface area contributed by atoms with Gasteiger partial charge in [-0.2, -0.15) is 0 Å². The summed E-state index contributed by atoms with van der Waals surface area (Å²) in [6.45, 7) is 6.64. The maximum atomic E-state index is 11.3. The van der Waals surface area contributed by atoms with Crippen LogP contribution in [0.4, 0.5) is 4.79 Å². The van der Waals surface area contributed by atoms with E-state index in [4.69, 9.17) is 14.6 Å².